The van der Waals surface area contributed by atoms with E-state index in [4.69, 9.17) is 15.2 Å². The molecule has 0 aliphatic carbocycles. The Morgan fingerprint density at radius 3 is 2.49 bits per heavy atom. The summed E-state index contributed by atoms with van der Waals surface area (Å²) >= 11 is 0. The van der Waals surface area contributed by atoms with Crippen LogP contribution in [0.5, 0.6) is 5.75 Å². The van der Waals surface area contributed by atoms with Gasteiger partial charge in [0.25, 0.3) is 17.7 Å². The molecule has 0 saturated carbocycles. The normalized spacial score (nSPS) is 23.4. The number of halogens is 5. The number of carbonyl (C=O) groups excluding carboxylic acids is 3. The van der Waals surface area contributed by atoms with Crippen LogP contribution in [-0.4, -0.2) is 54.2 Å². The minimum Gasteiger partial charge on any atom is -0.480 e. The van der Waals surface area contributed by atoms with E-state index in [0.29, 0.717) is 6.07 Å². The Balaban J connectivity index is 2.09. The topological polar surface area (TPSA) is 133 Å². The molecule has 1 saturated heterocycles. The van der Waals surface area contributed by atoms with Gasteiger partial charge in [0, 0.05) is 36.3 Å². The number of alkyl halides is 3. The third-order valence-corrected chi connectivity index (χ3v) is 6.27. The summed E-state index contributed by atoms with van der Waals surface area (Å²) in [6.07, 6.45) is -5.69. The molecule has 1 aliphatic heterocycles. The molecule has 2 aromatic rings. The summed E-state index contributed by atoms with van der Waals surface area (Å²) in [6.45, 7) is 1.11. The van der Waals surface area contributed by atoms with E-state index in [-0.39, 0.29) is 16.9 Å². The summed E-state index contributed by atoms with van der Waals surface area (Å²) in [7, 11) is 1.26. The Kier molecular flexibility index (Phi) is 7.72. The van der Waals surface area contributed by atoms with Crippen LogP contribution in [0.4, 0.5) is 27.6 Å². The summed E-state index contributed by atoms with van der Waals surface area (Å²) in [5.74, 6) is -9.47. The maximum absolute atomic E-state index is 14.8. The van der Waals surface area contributed by atoms with Crippen molar-refractivity contribution in [3.63, 3.8) is 0 Å². The van der Waals surface area contributed by atoms with E-state index in [1.54, 1.807) is 0 Å². The summed E-state index contributed by atoms with van der Waals surface area (Å²) in [5.41, 5.74) is 1.74. The van der Waals surface area contributed by atoms with Crippen molar-refractivity contribution >= 4 is 23.4 Å². The standard InChI is InChI=1S/C23H23F5N4O5/c1-10-16(12-4-5-13(24)17(25)18(12)36-9-15(33)30-3)19(37-22(10,2)23(26,27)28)21(35)32-11-6-7-31-14(8-11)20(29)34/h4-8,10,16,19H,9H2,1-3H3,(H2,29,34)(H,30,33)(H,31,32,35)/t10-,16-,19+,22+/m0/s1. The number of benzene rings is 1. The molecule has 0 bridgehead atoms. The van der Waals surface area contributed by atoms with Gasteiger partial charge in [-0.1, -0.05) is 13.0 Å². The Morgan fingerprint density at radius 2 is 1.89 bits per heavy atom. The number of carbonyl (C=O) groups is 3. The molecule has 0 radical (unpaired) electrons. The lowest BCUT2D eigenvalue weighted by molar-refractivity contribution is -0.272. The SMILES string of the molecule is CNC(=O)COc1c([C@H]2[C@H](C(=O)Nc3ccnc(C(N)=O)c3)O[C@@](C)(C(F)(F)F)[C@H]2C)ccc(F)c1F. The molecule has 3 rings (SSSR count). The second kappa shape index (κ2) is 10.3. The van der Waals surface area contributed by atoms with Crippen LogP contribution < -0.4 is 21.1 Å². The number of pyridine rings is 1. The molecule has 200 valence electrons. The Hall–Kier alpha value is -3.81. The molecule has 1 aromatic heterocycles. The first-order valence-corrected chi connectivity index (χ1v) is 10.8. The number of hydrogen-bond donors (Lipinski definition) is 3. The number of anilines is 1. The predicted octanol–water partition coefficient (Wildman–Crippen LogP) is 2.66. The van der Waals surface area contributed by atoms with Gasteiger partial charge in [0.2, 0.25) is 5.82 Å². The molecule has 1 fully saturated rings. The number of nitrogens with two attached hydrogens (primary N) is 1. The quantitative estimate of drug-likeness (QED) is 0.472. The number of rotatable bonds is 7. The molecule has 37 heavy (non-hydrogen) atoms. The van der Waals surface area contributed by atoms with Crippen LogP contribution >= 0.6 is 0 Å². The van der Waals surface area contributed by atoms with Crippen LogP contribution in [0.3, 0.4) is 0 Å². The molecule has 0 spiro atoms. The Labute approximate surface area is 207 Å². The van der Waals surface area contributed by atoms with E-state index in [0.717, 1.165) is 32.2 Å². The zero-order valence-corrected chi connectivity index (χ0v) is 19.8. The summed E-state index contributed by atoms with van der Waals surface area (Å²) in [5, 5.41) is 4.55. The summed E-state index contributed by atoms with van der Waals surface area (Å²) in [6, 6.07) is 4.01. The molecular weight excluding hydrogens is 507 g/mol. The van der Waals surface area contributed by atoms with Crippen molar-refractivity contribution < 1.29 is 45.8 Å². The van der Waals surface area contributed by atoms with Crippen molar-refractivity contribution in [2.45, 2.75) is 37.6 Å². The highest BCUT2D eigenvalue weighted by Gasteiger charge is 2.66. The molecule has 1 aromatic carbocycles. The Morgan fingerprint density at radius 1 is 1.22 bits per heavy atom. The highest BCUT2D eigenvalue weighted by molar-refractivity contribution is 5.97. The van der Waals surface area contributed by atoms with Crippen molar-refractivity contribution in [3.8, 4) is 5.75 Å². The van der Waals surface area contributed by atoms with E-state index >= 15 is 0 Å². The minimum absolute atomic E-state index is 0.0224. The number of primary amides is 1. The maximum atomic E-state index is 14.8. The molecule has 14 heteroatoms. The summed E-state index contributed by atoms with van der Waals surface area (Å²) < 4.78 is 81.5. The lowest BCUT2D eigenvalue weighted by Gasteiger charge is -2.32. The first-order chi connectivity index (χ1) is 17.2. The number of nitrogens with one attached hydrogen (secondary N) is 2. The highest BCUT2D eigenvalue weighted by atomic mass is 19.4. The molecular formula is C23H23F5N4O5. The number of likely N-dealkylation sites (N-methyl/N-ethyl adjacent to an activating group) is 1. The zero-order valence-electron chi connectivity index (χ0n) is 19.8. The van der Waals surface area contributed by atoms with Gasteiger partial charge < -0.3 is 25.8 Å². The molecule has 1 aliphatic rings. The van der Waals surface area contributed by atoms with Gasteiger partial charge in [0.1, 0.15) is 11.8 Å². The second-order valence-corrected chi connectivity index (χ2v) is 8.48. The van der Waals surface area contributed by atoms with E-state index in [1.165, 1.54) is 13.1 Å². The summed E-state index contributed by atoms with van der Waals surface area (Å²) in [4.78, 5) is 39.9. The average Bonchev–Trinajstić information content (AvgIpc) is 3.11. The first-order valence-electron chi connectivity index (χ1n) is 10.8. The first kappa shape index (κ1) is 27.8. The van der Waals surface area contributed by atoms with Gasteiger partial charge in [0.15, 0.2) is 23.8 Å². The number of aromatic nitrogens is 1. The van der Waals surface area contributed by atoms with Crippen LogP contribution in [-0.2, 0) is 14.3 Å². The van der Waals surface area contributed by atoms with E-state index in [1.807, 2.05) is 0 Å². The van der Waals surface area contributed by atoms with Crippen molar-refractivity contribution in [3.05, 3.63) is 53.4 Å². The molecule has 0 unspecified atom stereocenters. The fourth-order valence-electron chi connectivity index (χ4n) is 4.05. The number of nitrogens with zero attached hydrogens (tertiary/aromatic N) is 1. The molecule has 4 N–H and O–H groups in total. The average molecular weight is 530 g/mol. The second-order valence-electron chi connectivity index (χ2n) is 8.48. The van der Waals surface area contributed by atoms with Gasteiger partial charge in [-0.25, -0.2) is 4.39 Å². The van der Waals surface area contributed by atoms with E-state index in [2.05, 4.69) is 15.6 Å². The van der Waals surface area contributed by atoms with Crippen LogP contribution in [0.1, 0.15) is 35.8 Å². The van der Waals surface area contributed by atoms with Crippen LogP contribution in [0, 0.1) is 17.6 Å². The van der Waals surface area contributed by atoms with Crippen molar-refractivity contribution in [2.75, 3.05) is 19.0 Å². The highest BCUT2D eigenvalue weighted by Crippen LogP contribution is 2.55. The van der Waals surface area contributed by atoms with Gasteiger partial charge in [-0.3, -0.25) is 19.4 Å². The number of amides is 3. The largest absolute Gasteiger partial charge is 0.480 e. The zero-order chi connectivity index (χ0) is 27.7. The lowest BCUT2D eigenvalue weighted by atomic mass is 9.77. The molecule has 2 heterocycles. The van der Waals surface area contributed by atoms with Gasteiger partial charge in [0.05, 0.1) is 0 Å². The van der Waals surface area contributed by atoms with Crippen LogP contribution in [0.2, 0.25) is 0 Å². The molecule has 3 amide bonds. The van der Waals surface area contributed by atoms with E-state index in [9.17, 15) is 36.3 Å². The maximum Gasteiger partial charge on any atom is 0.417 e. The van der Waals surface area contributed by atoms with Crippen LogP contribution in [0.25, 0.3) is 0 Å². The van der Waals surface area contributed by atoms with Crippen LogP contribution in [0.15, 0.2) is 30.5 Å². The molecule has 4 atom stereocenters. The third-order valence-electron chi connectivity index (χ3n) is 6.27. The van der Waals surface area contributed by atoms with E-state index < -0.39 is 71.4 Å². The number of hydrogen-bond acceptors (Lipinski definition) is 6. The van der Waals surface area contributed by atoms with Gasteiger partial charge in [-0.15, -0.1) is 0 Å². The minimum atomic E-state index is -4.96. The number of ether oxygens (including phenoxy) is 2. The van der Waals surface area contributed by atoms with Gasteiger partial charge in [-0.05, 0) is 25.1 Å². The predicted molar refractivity (Wildman–Crippen MR) is 119 cm³/mol. The molecule has 9 nitrogen and oxygen atoms in total. The smallest absolute Gasteiger partial charge is 0.417 e. The van der Waals surface area contributed by atoms with Crippen molar-refractivity contribution in [2.24, 2.45) is 11.7 Å². The fraction of sp³-hybridized carbons (Fsp3) is 0.391. The fourth-order valence-corrected chi connectivity index (χ4v) is 4.05. The lowest BCUT2D eigenvalue weighted by Crippen LogP contribution is -2.47. The van der Waals surface area contributed by atoms with Crippen molar-refractivity contribution in [1.82, 2.24) is 10.3 Å². The third kappa shape index (κ3) is 5.33. The monoisotopic (exact) mass is 530 g/mol. The van der Waals surface area contributed by atoms with Crippen molar-refractivity contribution in [1.29, 1.82) is 0 Å². The Bertz CT molecular complexity index is 1220. The van der Waals surface area contributed by atoms with Gasteiger partial charge >= 0.3 is 6.18 Å². The van der Waals surface area contributed by atoms with Gasteiger partial charge in [-0.2, -0.15) is 17.6 Å².